The Morgan fingerprint density at radius 2 is 2.10 bits per heavy atom. The molecule has 1 fully saturated rings. The van der Waals surface area contributed by atoms with Gasteiger partial charge in [-0.05, 0) is 39.0 Å². The summed E-state index contributed by atoms with van der Waals surface area (Å²) in [5.41, 5.74) is 1.45. The SMILES string of the molecule is CNC(=O)c1sc(OC)nc1OC1CC(C[C@H](C)NC(=O)c2cnn(C)c2C)C1. The van der Waals surface area contributed by atoms with E-state index in [2.05, 4.69) is 20.7 Å². The van der Waals surface area contributed by atoms with Gasteiger partial charge in [-0.2, -0.15) is 10.1 Å². The summed E-state index contributed by atoms with van der Waals surface area (Å²) in [6.07, 6.45) is 4.20. The van der Waals surface area contributed by atoms with E-state index in [1.165, 1.54) is 7.11 Å². The van der Waals surface area contributed by atoms with Gasteiger partial charge in [0, 0.05) is 25.8 Å². The van der Waals surface area contributed by atoms with Crippen molar-refractivity contribution >= 4 is 23.2 Å². The number of hydrogen-bond acceptors (Lipinski definition) is 7. The van der Waals surface area contributed by atoms with Gasteiger partial charge in [0.2, 0.25) is 5.88 Å². The highest BCUT2D eigenvalue weighted by atomic mass is 32.1. The second kappa shape index (κ2) is 8.81. The van der Waals surface area contributed by atoms with Crippen LogP contribution in [0, 0.1) is 12.8 Å². The van der Waals surface area contributed by atoms with Gasteiger partial charge < -0.3 is 20.1 Å². The van der Waals surface area contributed by atoms with E-state index in [1.54, 1.807) is 17.9 Å². The molecule has 1 aliphatic carbocycles. The molecule has 158 valence electrons. The van der Waals surface area contributed by atoms with Crippen LogP contribution in [0.25, 0.3) is 0 Å². The first kappa shape index (κ1) is 21.1. The Hall–Kier alpha value is -2.62. The van der Waals surface area contributed by atoms with E-state index in [4.69, 9.17) is 9.47 Å². The van der Waals surface area contributed by atoms with Crippen molar-refractivity contribution in [1.29, 1.82) is 0 Å². The van der Waals surface area contributed by atoms with Crippen LogP contribution >= 0.6 is 11.3 Å². The average molecular weight is 422 g/mol. The Morgan fingerprint density at radius 3 is 2.69 bits per heavy atom. The number of carbonyl (C=O) groups excluding carboxylic acids is 2. The molecule has 3 rings (SSSR count). The average Bonchev–Trinajstić information content (AvgIpc) is 3.22. The number of amides is 2. The molecule has 1 aliphatic rings. The molecule has 2 aromatic rings. The van der Waals surface area contributed by atoms with E-state index in [0.29, 0.717) is 27.4 Å². The first-order valence-electron chi connectivity index (χ1n) is 9.55. The van der Waals surface area contributed by atoms with Crippen molar-refractivity contribution in [3.63, 3.8) is 0 Å². The van der Waals surface area contributed by atoms with Crippen LogP contribution in [0.3, 0.4) is 0 Å². The lowest BCUT2D eigenvalue weighted by atomic mass is 9.78. The number of carbonyl (C=O) groups is 2. The number of hydrogen-bond donors (Lipinski definition) is 2. The summed E-state index contributed by atoms with van der Waals surface area (Å²) in [6, 6.07) is 0.0499. The monoisotopic (exact) mass is 421 g/mol. The maximum absolute atomic E-state index is 12.4. The largest absolute Gasteiger partial charge is 0.473 e. The molecule has 2 aromatic heterocycles. The van der Waals surface area contributed by atoms with Gasteiger partial charge in [-0.3, -0.25) is 14.3 Å². The fraction of sp³-hybridized carbons (Fsp3) is 0.579. The highest BCUT2D eigenvalue weighted by Crippen LogP contribution is 2.37. The fourth-order valence-corrected chi connectivity index (χ4v) is 4.18. The minimum atomic E-state index is -0.237. The van der Waals surface area contributed by atoms with Crippen molar-refractivity contribution < 1.29 is 19.1 Å². The lowest BCUT2D eigenvalue weighted by Gasteiger charge is -2.36. The fourth-order valence-electron chi connectivity index (χ4n) is 3.41. The third kappa shape index (κ3) is 4.69. The van der Waals surface area contributed by atoms with Gasteiger partial charge >= 0.3 is 0 Å². The second-order valence-corrected chi connectivity index (χ2v) is 8.31. The molecule has 2 amide bonds. The van der Waals surface area contributed by atoms with E-state index in [1.807, 2.05) is 20.9 Å². The molecule has 9 nitrogen and oxygen atoms in total. The molecular weight excluding hydrogens is 394 g/mol. The minimum absolute atomic E-state index is 0.0127. The van der Waals surface area contributed by atoms with Gasteiger partial charge in [-0.25, -0.2) is 0 Å². The van der Waals surface area contributed by atoms with Crippen molar-refractivity contribution in [1.82, 2.24) is 25.4 Å². The summed E-state index contributed by atoms with van der Waals surface area (Å²) in [6.45, 7) is 3.88. The van der Waals surface area contributed by atoms with Gasteiger partial charge in [0.1, 0.15) is 6.10 Å². The molecule has 0 bridgehead atoms. The van der Waals surface area contributed by atoms with E-state index in [9.17, 15) is 9.59 Å². The normalized spacial score (nSPS) is 19.2. The summed E-state index contributed by atoms with van der Waals surface area (Å²) in [5, 5.41) is 10.1. The standard InChI is InChI=1S/C19H27N5O4S/c1-10(22-16(25)14-9-21-24(4)11(14)2)6-12-7-13(8-12)28-18-15(17(26)20-3)29-19(23-18)27-5/h9-10,12-13H,6-8H2,1-5H3,(H,20,26)(H,22,25)/t10-,12?,13?/m0/s1. The van der Waals surface area contributed by atoms with Crippen molar-refractivity contribution in [3.05, 3.63) is 22.3 Å². The lowest BCUT2D eigenvalue weighted by Crippen LogP contribution is -2.40. The third-order valence-corrected chi connectivity index (χ3v) is 6.20. The number of methoxy groups -OCH3 is 1. The Balaban J connectivity index is 1.48. The van der Waals surface area contributed by atoms with Crippen LogP contribution in [0.2, 0.25) is 0 Å². The molecule has 0 unspecified atom stereocenters. The molecule has 29 heavy (non-hydrogen) atoms. The van der Waals surface area contributed by atoms with Crippen LogP contribution in [0.1, 0.15) is 51.9 Å². The first-order valence-corrected chi connectivity index (χ1v) is 10.4. The van der Waals surface area contributed by atoms with Crippen LogP contribution in [0.4, 0.5) is 0 Å². The van der Waals surface area contributed by atoms with Gasteiger partial charge in [-0.1, -0.05) is 11.3 Å². The molecule has 10 heteroatoms. The Morgan fingerprint density at radius 1 is 1.38 bits per heavy atom. The van der Waals surface area contributed by atoms with Gasteiger partial charge in [-0.15, -0.1) is 0 Å². The number of nitrogens with one attached hydrogen (secondary N) is 2. The van der Waals surface area contributed by atoms with Gasteiger partial charge in [0.15, 0.2) is 4.88 Å². The number of aromatic nitrogens is 3. The zero-order chi connectivity index (χ0) is 21.1. The highest BCUT2D eigenvalue weighted by molar-refractivity contribution is 7.15. The Labute approximate surface area is 173 Å². The Bertz CT molecular complexity index is 887. The zero-order valence-electron chi connectivity index (χ0n) is 17.3. The Kier molecular flexibility index (Phi) is 6.41. The molecule has 0 radical (unpaired) electrons. The number of ether oxygens (including phenoxy) is 2. The summed E-state index contributed by atoms with van der Waals surface area (Å²) >= 11 is 1.16. The maximum Gasteiger partial charge on any atom is 0.277 e. The molecule has 0 spiro atoms. The second-order valence-electron chi connectivity index (χ2n) is 7.35. The smallest absolute Gasteiger partial charge is 0.277 e. The predicted molar refractivity (Wildman–Crippen MR) is 109 cm³/mol. The van der Waals surface area contributed by atoms with Crippen molar-refractivity contribution in [3.8, 4) is 11.1 Å². The number of nitrogens with zero attached hydrogens (tertiary/aromatic N) is 3. The number of aryl methyl sites for hydroxylation is 1. The quantitative estimate of drug-likeness (QED) is 0.674. The summed E-state index contributed by atoms with van der Waals surface area (Å²) in [4.78, 5) is 29.0. The lowest BCUT2D eigenvalue weighted by molar-refractivity contribution is 0.0510. The first-order chi connectivity index (χ1) is 13.8. The third-order valence-electron chi connectivity index (χ3n) is 5.20. The molecular formula is C19H27N5O4S. The van der Waals surface area contributed by atoms with Crippen LogP contribution < -0.4 is 20.1 Å². The molecule has 2 heterocycles. The van der Waals surface area contributed by atoms with Crippen LogP contribution in [-0.2, 0) is 7.05 Å². The minimum Gasteiger partial charge on any atom is -0.473 e. The predicted octanol–water partition coefficient (Wildman–Crippen LogP) is 1.92. The van der Waals surface area contributed by atoms with Crippen molar-refractivity contribution in [2.75, 3.05) is 14.2 Å². The van der Waals surface area contributed by atoms with E-state index in [0.717, 1.165) is 36.3 Å². The van der Waals surface area contributed by atoms with Crippen LogP contribution in [0.5, 0.6) is 11.1 Å². The van der Waals surface area contributed by atoms with Gasteiger partial charge in [0.25, 0.3) is 17.0 Å². The molecule has 0 aliphatic heterocycles. The van der Waals surface area contributed by atoms with E-state index < -0.39 is 0 Å². The molecule has 0 aromatic carbocycles. The van der Waals surface area contributed by atoms with E-state index in [-0.39, 0.29) is 24.0 Å². The van der Waals surface area contributed by atoms with Crippen molar-refractivity contribution in [2.45, 2.75) is 45.3 Å². The molecule has 2 N–H and O–H groups in total. The highest BCUT2D eigenvalue weighted by Gasteiger charge is 2.34. The van der Waals surface area contributed by atoms with Gasteiger partial charge in [0.05, 0.1) is 18.9 Å². The van der Waals surface area contributed by atoms with Crippen molar-refractivity contribution in [2.24, 2.45) is 13.0 Å². The zero-order valence-corrected chi connectivity index (χ0v) is 18.1. The maximum atomic E-state index is 12.4. The number of rotatable bonds is 8. The topological polar surface area (TPSA) is 107 Å². The van der Waals surface area contributed by atoms with Crippen LogP contribution in [-0.4, -0.2) is 52.9 Å². The molecule has 1 saturated carbocycles. The molecule has 0 saturated heterocycles. The number of thiazole rings is 1. The summed E-state index contributed by atoms with van der Waals surface area (Å²) < 4.78 is 12.7. The molecule has 1 atom stereocenters. The van der Waals surface area contributed by atoms with Crippen LogP contribution in [0.15, 0.2) is 6.20 Å². The van der Waals surface area contributed by atoms with E-state index >= 15 is 0 Å². The summed E-state index contributed by atoms with van der Waals surface area (Å²) in [7, 11) is 4.90. The summed E-state index contributed by atoms with van der Waals surface area (Å²) in [5.74, 6) is 0.441.